The maximum atomic E-state index is 13.0. The van der Waals surface area contributed by atoms with Gasteiger partial charge in [-0.1, -0.05) is 6.07 Å². The van der Waals surface area contributed by atoms with Crippen LogP contribution in [0, 0.1) is 5.82 Å². The monoisotopic (exact) mass is 228 g/mol. The molecule has 5 heteroatoms. The fourth-order valence-electron chi connectivity index (χ4n) is 1.44. The lowest BCUT2D eigenvalue weighted by Gasteiger charge is -2.12. The average Bonchev–Trinajstić information content (AvgIpc) is 2.79. The molecule has 16 heavy (non-hydrogen) atoms. The van der Waals surface area contributed by atoms with Gasteiger partial charge in [-0.05, 0) is 6.07 Å². The number of hydrogen-bond acceptors (Lipinski definition) is 4. The lowest BCUT2D eigenvalue weighted by molar-refractivity contribution is 0.0317. The zero-order valence-corrected chi connectivity index (χ0v) is 8.69. The molecule has 88 valence electrons. The van der Waals surface area contributed by atoms with E-state index in [1.54, 1.807) is 0 Å². The predicted octanol–water partition coefficient (Wildman–Crippen LogP) is 1.07. The summed E-state index contributed by atoms with van der Waals surface area (Å²) in [5, 5.41) is 9.04. The second-order valence-electron chi connectivity index (χ2n) is 3.50. The van der Waals surface area contributed by atoms with Crippen LogP contribution in [0.25, 0.3) is 0 Å². The molecule has 1 aliphatic heterocycles. The highest BCUT2D eigenvalue weighted by Crippen LogP contribution is 2.20. The molecule has 0 aromatic heterocycles. The number of aliphatic hydroxyl groups is 1. The molecular formula is C11H13FO4. The fraction of sp³-hybridized carbons (Fsp3) is 0.455. The standard InChI is InChI=1S/C11H13FO4/c12-9-2-1-8(4-13)11(3-9)15-6-10-5-14-7-16-10/h1-3,10,13H,4-7H2. The highest BCUT2D eigenvalue weighted by molar-refractivity contribution is 5.33. The maximum Gasteiger partial charge on any atom is 0.147 e. The van der Waals surface area contributed by atoms with Crippen LogP contribution in [-0.4, -0.2) is 31.2 Å². The topological polar surface area (TPSA) is 47.9 Å². The Morgan fingerprint density at radius 3 is 3.06 bits per heavy atom. The van der Waals surface area contributed by atoms with E-state index in [1.807, 2.05) is 0 Å². The smallest absolute Gasteiger partial charge is 0.147 e. The van der Waals surface area contributed by atoms with E-state index in [4.69, 9.17) is 19.3 Å². The first-order valence-corrected chi connectivity index (χ1v) is 5.01. The molecule has 1 fully saturated rings. The van der Waals surface area contributed by atoms with Crippen molar-refractivity contribution in [3.8, 4) is 5.75 Å². The summed E-state index contributed by atoms with van der Waals surface area (Å²) in [5.74, 6) is -0.0474. The molecule has 1 heterocycles. The van der Waals surface area contributed by atoms with Gasteiger partial charge in [-0.25, -0.2) is 4.39 Å². The van der Waals surface area contributed by atoms with Crippen LogP contribution in [0.5, 0.6) is 5.75 Å². The van der Waals surface area contributed by atoms with Gasteiger partial charge in [0.15, 0.2) is 0 Å². The molecule has 0 bridgehead atoms. The van der Waals surface area contributed by atoms with Gasteiger partial charge in [-0.3, -0.25) is 0 Å². The zero-order valence-electron chi connectivity index (χ0n) is 8.69. The van der Waals surface area contributed by atoms with Gasteiger partial charge in [0, 0.05) is 11.6 Å². The summed E-state index contributed by atoms with van der Waals surface area (Å²) in [7, 11) is 0. The molecule has 1 aromatic carbocycles. The summed E-state index contributed by atoms with van der Waals surface area (Å²) < 4.78 is 28.5. The summed E-state index contributed by atoms with van der Waals surface area (Å²) in [6.07, 6.45) is -0.130. The molecule has 0 aliphatic carbocycles. The van der Waals surface area contributed by atoms with Crippen molar-refractivity contribution in [2.75, 3.05) is 20.0 Å². The van der Waals surface area contributed by atoms with Crippen LogP contribution in [-0.2, 0) is 16.1 Å². The highest BCUT2D eigenvalue weighted by atomic mass is 19.1. The first-order chi connectivity index (χ1) is 7.79. The minimum Gasteiger partial charge on any atom is -0.490 e. The molecule has 1 aromatic rings. The van der Waals surface area contributed by atoms with Crippen LogP contribution in [0.15, 0.2) is 18.2 Å². The lowest BCUT2D eigenvalue weighted by atomic mass is 10.2. The summed E-state index contributed by atoms with van der Waals surface area (Å²) >= 11 is 0. The molecule has 4 nitrogen and oxygen atoms in total. The van der Waals surface area contributed by atoms with Gasteiger partial charge in [0.1, 0.15) is 31.1 Å². The molecular weight excluding hydrogens is 215 g/mol. The van der Waals surface area contributed by atoms with Gasteiger partial charge in [0.2, 0.25) is 0 Å². The molecule has 1 unspecified atom stereocenters. The van der Waals surface area contributed by atoms with Crippen LogP contribution in [0.2, 0.25) is 0 Å². The minimum absolute atomic E-state index is 0.130. The van der Waals surface area contributed by atoms with E-state index in [0.717, 1.165) is 0 Å². The highest BCUT2D eigenvalue weighted by Gasteiger charge is 2.17. The van der Waals surface area contributed by atoms with Gasteiger partial charge < -0.3 is 19.3 Å². The van der Waals surface area contributed by atoms with E-state index < -0.39 is 5.82 Å². The van der Waals surface area contributed by atoms with Gasteiger partial charge in [-0.15, -0.1) is 0 Å². The molecule has 1 atom stereocenters. The van der Waals surface area contributed by atoms with E-state index in [1.165, 1.54) is 18.2 Å². The second-order valence-corrected chi connectivity index (χ2v) is 3.50. The summed E-state index contributed by atoms with van der Waals surface area (Å²) in [5.41, 5.74) is 0.556. The van der Waals surface area contributed by atoms with Crippen molar-refractivity contribution in [1.29, 1.82) is 0 Å². The van der Waals surface area contributed by atoms with Crippen molar-refractivity contribution in [3.63, 3.8) is 0 Å². The molecule has 1 N–H and O–H groups in total. The van der Waals surface area contributed by atoms with Crippen LogP contribution in [0.4, 0.5) is 4.39 Å². The Hall–Kier alpha value is -1.17. The summed E-state index contributed by atoms with van der Waals surface area (Å²) in [6, 6.07) is 4.03. The normalized spacial score (nSPS) is 20.0. The summed E-state index contributed by atoms with van der Waals surface area (Å²) in [6.45, 7) is 0.849. The van der Waals surface area contributed by atoms with Gasteiger partial charge in [-0.2, -0.15) is 0 Å². The molecule has 0 spiro atoms. The van der Waals surface area contributed by atoms with Crippen molar-refractivity contribution in [2.24, 2.45) is 0 Å². The molecule has 0 amide bonds. The Kier molecular flexibility index (Phi) is 3.71. The maximum absolute atomic E-state index is 13.0. The third kappa shape index (κ3) is 2.69. The summed E-state index contributed by atoms with van der Waals surface area (Å²) in [4.78, 5) is 0. The van der Waals surface area contributed by atoms with Crippen molar-refractivity contribution < 1.29 is 23.7 Å². The van der Waals surface area contributed by atoms with Gasteiger partial charge in [0.05, 0.1) is 13.2 Å². The van der Waals surface area contributed by atoms with E-state index in [9.17, 15) is 4.39 Å². The van der Waals surface area contributed by atoms with Crippen LogP contribution >= 0.6 is 0 Å². The van der Waals surface area contributed by atoms with Crippen LogP contribution in [0.3, 0.4) is 0 Å². The fourth-order valence-corrected chi connectivity index (χ4v) is 1.44. The molecule has 0 saturated carbocycles. The zero-order chi connectivity index (χ0) is 11.4. The molecule has 1 saturated heterocycles. The van der Waals surface area contributed by atoms with Gasteiger partial charge in [0.25, 0.3) is 0 Å². The number of ether oxygens (including phenoxy) is 3. The predicted molar refractivity (Wildman–Crippen MR) is 53.5 cm³/mol. The van der Waals surface area contributed by atoms with Crippen molar-refractivity contribution >= 4 is 0 Å². The van der Waals surface area contributed by atoms with E-state index in [0.29, 0.717) is 17.9 Å². The number of hydrogen-bond donors (Lipinski definition) is 1. The van der Waals surface area contributed by atoms with Crippen molar-refractivity contribution in [1.82, 2.24) is 0 Å². The average molecular weight is 228 g/mol. The Morgan fingerprint density at radius 1 is 1.50 bits per heavy atom. The Bertz CT molecular complexity index is 350. The van der Waals surface area contributed by atoms with E-state index in [2.05, 4.69) is 0 Å². The van der Waals surface area contributed by atoms with Crippen molar-refractivity contribution in [3.05, 3.63) is 29.6 Å². The SMILES string of the molecule is OCc1ccc(F)cc1OCC1COCO1. The number of aliphatic hydroxyl groups excluding tert-OH is 1. The largest absolute Gasteiger partial charge is 0.490 e. The Morgan fingerprint density at radius 2 is 2.38 bits per heavy atom. The lowest BCUT2D eigenvalue weighted by Crippen LogP contribution is -2.20. The van der Waals surface area contributed by atoms with Crippen LogP contribution in [0.1, 0.15) is 5.56 Å². The van der Waals surface area contributed by atoms with Gasteiger partial charge >= 0.3 is 0 Å². The number of rotatable bonds is 4. The molecule has 0 radical (unpaired) electrons. The Balaban J connectivity index is 1.98. The van der Waals surface area contributed by atoms with Crippen LogP contribution < -0.4 is 4.74 Å². The Labute approximate surface area is 92.6 Å². The van der Waals surface area contributed by atoms with E-state index >= 15 is 0 Å². The number of benzene rings is 1. The van der Waals surface area contributed by atoms with E-state index in [-0.39, 0.29) is 26.1 Å². The number of halogens is 1. The molecule has 1 aliphatic rings. The molecule has 2 rings (SSSR count). The first kappa shape index (κ1) is 11.3. The minimum atomic E-state index is -0.393. The second kappa shape index (κ2) is 5.25. The third-order valence-corrected chi connectivity index (χ3v) is 2.32. The quantitative estimate of drug-likeness (QED) is 0.837. The first-order valence-electron chi connectivity index (χ1n) is 5.01. The third-order valence-electron chi connectivity index (χ3n) is 2.32. The van der Waals surface area contributed by atoms with Crippen molar-refractivity contribution in [2.45, 2.75) is 12.7 Å².